The van der Waals surface area contributed by atoms with Crippen molar-refractivity contribution in [3.63, 3.8) is 0 Å². The molecule has 3 heteroatoms. The number of nitrogens with zero attached hydrogens (tertiary/aromatic N) is 2. The lowest BCUT2D eigenvalue weighted by Gasteiger charge is -2.06. The van der Waals surface area contributed by atoms with Crippen LogP contribution in [-0.4, -0.2) is 15.8 Å². The van der Waals surface area contributed by atoms with Crippen molar-refractivity contribution in [2.45, 2.75) is 32.7 Å². The van der Waals surface area contributed by atoms with Crippen LogP contribution in [0.5, 0.6) is 0 Å². The first-order chi connectivity index (χ1) is 5.63. The number of nitrogens with two attached hydrogens (primary N) is 1. The van der Waals surface area contributed by atoms with Crippen LogP contribution in [0, 0.1) is 6.92 Å². The normalized spacial score (nSPS) is 13.3. The van der Waals surface area contributed by atoms with Crippen LogP contribution >= 0.6 is 0 Å². The third kappa shape index (κ3) is 2.08. The number of hydrogen-bond acceptors (Lipinski definition) is 2. The summed E-state index contributed by atoms with van der Waals surface area (Å²) in [5.74, 6) is 0. The van der Waals surface area contributed by atoms with Crippen LogP contribution in [0.1, 0.15) is 24.6 Å². The zero-order valence-electron chi connectivity index (χ0n) is 8.04. The summed E-state index contributed by atoms with van der Waals surface area (Å²) in [5, 5.41) is 4.26. The van der Waals surface area contributed by atoms with E-state index < -0.39 is 0 Å². The van der Waals surface area contributed by atoms with Gasteiger partial charge < -0.3 is 5.73 Å². The van der Waals surface area contributed by atoms with E-state index in [1.165, 1.54) is 5.56 Å². The summed E-state index contributed by atoms with van der Waals surface area (Å²) in [6.07, 6.45) is 4.01. The molecular formula is C9H17N3. The minimum atomic E-state index is 0.271. The number of hydrogen-bond donors (Lipinski definition) is 1. The van der Waals surface area contributed by atoms with Crippen LogP contribution in [0.25, 0.3) is 0 Å². The first-order valence-electron chi connectivity index (χ1n) is 4.38. The van der Waals surface area contributed by atoms with Crippen LogP contribution in [0.4, 0.5) is 0 Å². The van der Waals surface area contributed by atoms with Crippen molar-refractivity contribution >= 4 is 0 Å². The average molecular weight is 167 g/mol. The van der Waals surface area contributed by atoms with Gasteiger partial charge in [0.1, 0.15) is 0 Å². The van der Waals surface area contributed by atoms with Crippen molar-refractivity contribution in [2.75, 3.05) is 0 Å². The predicted octanol–water partition coefficient (Wildman–Crippen LogP) is 1.01. The highest BCUT2D eigenvalue weighted by molar-refractivity contribution is 5.16. The van der Waals surface area contributed by atoms with E-state index in [0.717, 1.165) is 18.5 Å². The molecule has 0 aliphatic heterocycles. The van der Waals surface area contributed by atoms with E-state index >= 15 is 0 Å². The fourth-order valence-electron chi connectivity index (χ4n) is 1.28. The van der Waals surface area contributed by atoms with Gasteiger partial charge in [-0.3, -0.25) is 4.68 Å². The summed E-state index contributed by atoms with van der Waals surface area (Å²) < 4.78 is 1.84. The highest BCUT2D eigenvalue weighted by Gasteiger charge is 2.06. The van der Waals surface area contributed by atoms with Gasteiger partial charge in [-0.15, -0.1) is 0 Å². The molecule has 0 aliphatic rings. The largest absolute Gasteiger partial charge is 0.327 e. The molecule has 0 fully saturated rings. The molecule has 12 heavy (non-hydrogen) atoms. The predicted molar refractivity (Wildman–Crippen MR) is 49.9 cm³/mol. The highest BCUT2D eigenvalue weighted by atomic mass is 15.2. The lowest BCUT2D eigenvalue weighted by atomic mass is 10.1. The van der Waals surface area contributed by atoms with Crippen molar-refractivity contribution in [2.24, 2.45) is 12.8 Å². The maximum absolute atomic E-state index is 5.85. The van der Waals surface area contributed by atoms with Gasteiger partial charge in [0.05, 0.1) is 5.69 Å². The van der Waals surface area contributed by atoms with Crippen LogP contribution in [0.2, 0.25) is 0 Å². The molecule has 0 bridgehead atoms. The molecule has 1 unspecified atom stereocenters. The lowest BCUT2D eigenvalue weighted by molar-refractivity contribution is 0.644. The van der Waals surface area contributed by atoms with E-state index in [0.29, 0.717) is 0 Å². The fraction of sp³-hybridized carbons (Fsp3) is 0.667. The summed E-state index contributed by atoms with van der Waals surface area (Å²) >= 11 is 0. The second kappa shape index (κ2) is 3.72. The van der Waals surface area contributed by atoms with Gasteiger partial charge in [-0.05, 0) is 25.3 Å². The summed E-state index contributed by atoms with van der Waals surface area (Å²) in [5.41, 5.74) is 8.21. The second-order valence-electron chi connectivity index (χ2n) is 3.29. The van der Waals surface area contributed by atoms with Gasteiger partial charge in [0.2, 0.25) is 0 Å². The molecule has 68 valence electrons. The molecule has 0 radical (unpaired) electrons. The van der Waals surface area contributed by atoms with E-state index in [2.05, 4.69) is 12.0 Å². The van der Waals surface area contributed by atoms with Crippen molar-refractivity contribution in [1.82, 2.24) is 9.78 Å². The molecule has 1 atom stereocenters. The van der Waals surface area contributed by atoms with Crippen molar-refractivity contribution < 1.29 is 0 Å². The molecule has 0 saturated heterocycles. The molecule has 1 heterocycles. The maximum Gasteiger partial charge on any atom is 0.0626 e. The SMILES string of the molecule is CCC(N)Cc1cn(C)nc1C. The monoisotopic (exact) mass is 167 g/mol. The fourth-order valence-corrected chi connectivity index (χ4v) is 1.28. The molecular weight excluding hydrogens is 150 g/mol. The summed E-state index contributed by atoms with van der Waals surface area (Å²) in [7, 11) is 1.94. The molecule has 3 nitrogen and oxygen atoms in total. The summed E-state index contributed by atoms with van der Waals surface area (Å²) in [6, 6.07) is 0.271. The van der Waals surface area contributed by atoms with E-state index in [1.807, 2.05) is 24.9 Å². The molecule has 0 aliphatic carbocycles. The van der Waals surface area contributed by atoms with Gasteiger partial charge in [0, 0.05) is 19.3 Å². The third-order valence-corrected chi connectivity index (χ3v) is 2.12. The number of aromatic nitrogens is 2. The molecule has 1 rings (SSSR count). The average Bonchev–Trinajstić information content (AvgIpc) is 2.30. The number of rotatable bonds is 3. The lowest BCUT2D eigenvalue weighted by Crippen LogP contribution is -2.21. The Kier molecular flexibility index (Phi) is 2.87. The van der Waals surface area contributed by atoms with Gasteiger partial charge >= 0.3 is 0 Å². The Morgan fingerprint density at radius 2 is 2.33 bits per heavy atom. The van der Waals surface area contributed by atoms with Crippen molar-refractivity contribution in [3.8, 4) is 0 Å². The van der Waals surface area contributed by atoms with Gasteiger partial charge in [-0.25, -0.2) is 0 Å². The minimum Gasteiger partial charge on any atom is -0.327 e. The summed E-state index contributed by atoms with van der Waals surface area (Å²) in [4.78, 5) is 0. The topological polar surface area (TPSA) is 43.8 Å². The van der Waals surface area contributed by atoms with Gasteiger partial charge in [0.15, 0.2) is 0 Å². The van der Waals surface area contributed by atoms with E-state index in [4.69, 9.17) is 5.73 Å². The molecule has 0 amide bonds. The Labute approximate surface area is 73.6 Å². The summed E-state index contributed by atoms with van der Waals surface area (Å²) in [6.45, 7) is 4.13. The highest BCUT2D eigenvalue weighted by Crippen LogP contribution is 2.07. The van der Waals surface area contributed by atoms with E-state index in [-0.39, 0.29) is 6.04 Å². The van der Waals surface area contributed by atoms with Crippen molar-refractivity contribution in [3.05, 3.63) is 17.5 Å². The molecule has 0 aromatic carbocycles. The zero-order chi connectivity index (χ0) is 9.14. The zero-order valence-corrected chi connectivity index (χ0v) is 8.04. The Morgan fingerprint density at radius 3 is 2.75 bits per heavy atom. The van der Waals surface area contributed by atoms with Crippen LogP contribution in [-0.2, 0) is 13.5 Å². The smallest absolute Gasteiger partial charge is 0.0626 e. The van der Waals surface area contributed by atoms with Crippen molar-refractivity contribution in [1.29, 1.82) is 0 Å². The molecule has 0 saturated carbocycles. The van der Waals surface area contributed by atoms with E-state index in [1.54, 1.807) is 0 Å². The quantitative estimate of drug-likeness (QED) is 0.730. The van der Waals surface area contributed by atoms with Gasteiger partial charge in [0.25, 0.3) is 0 Å². The van der Waals surface area contributed by atoms with Gasteiger partial charge in [-0.1, -0.05) is 6.92 Å². The Morgan fingerprint density at radius 1 is 1.67 bits per heavy atom. The van der Waals surface area contributed by atoms with Gasteiger partial charge in [-0.2, -0.15) is 5.10 Å². The Balaban J connectivity index is 2.68. The molecule has 0 spiro atoms. The minimum absolute atomic E-state index is 0.271. The third-order valence-electron chi connectivity index (χ3n) is 2.12. The Hall–Kier alpha value is -0.830. The molecule has 2 N–H and O–H groups in total. The maximum atomic E-state index is 5.85. The molecule has 1 aromatic heterocycles. The van der Waals surface area contributed by atoms with Crippen LogP contribution in [0.15, 0.2) is 6.20 Å². The number of aryl methyl sites for hydroxylation is 2. The van der Waals surface area contributed by atoms with E-state index in [9.17, 15) is 0 Å². The molecule has 1 aromatic rings. The first kappa shape index (κ1) is 9.26. The second-order valence-corrected chi connectivity index (χ2v) is 3.29. The van der Waals surface area contributed by atoms with Crippen LogP contribution < -0.4 is 5.73 Å². The Bertz CT molecular complexity index is 252. The van der Waals surface area contributed by atoms with Crippen LogP contribution in [0.3, 0.4) is 0 Å². The first-order valence-corrected chi connectivity index (χ1v) is 4.38. The standard InChI is InChI=1S/C9H17N3/c1-4-9(10)5-8-6-12(3)11-7(8)2/h6,9H,4-5,10H2,1-3H3.